The molecule has 4 rings (SSSR count). The zero-order valence-electron chi connectivity index (χ0n) is 15.0. The van der Waals surface area contributed by atoms with Crippen molar-refractivity contribution < 1.29 is 27.4 Å². The van der Waals surface area contributed by atoms with Gasteiger partial charge in [-0.25, -0.2) is 13.1 Å². The summed E-state index contributed by atoms with van der Waals surface area (Å²) in [6, 6.07) is 10.9. The van der Waals surface area contributed by atoms with Crippen molar-refractivity contribution in [3.63, 3.8) is 0 Å². The third-order valence-electron chi connectivity index (χ3n) is 4.56. The molecule has 0 bridgehead atoms. The Morgan fingerprint density at radius 1 is 1.11 bits per heavy atom. The monoisotopic (exact) mass is 404 g/mol. The summed E-state index contributed by atoms with van der Waals surface area (Å²) >= 11 is 0. The van der Waals surface area contributed by atoms with Gasteiger partial charge in [0.05, 0.1) is 11.0 Å². The zero-order chi connectivity index (χ0) is 19.6. The van der Waals surface area contributed by atoms with E-state index < -0.39 is 15.9 Å². The third kappa shape index (κ3) is 4.11. The average Bonchev–Trinajstić information content (AvgIpc) is 3.38. The smallest absolute Gasteiger partial charge is 0.255 e. The lowest BCUT2D eigenvalue weighted by Crippen LogP contribution is -2.32. The predicted molar refractivity (Wildman–Crippen MR) is 101 cm³/mol. The Labute approximate surface area is 162 Å². The molecule has 0 aliphatic carbocycles. The number of carbonyl (C=O) groups is 1. The summed E-state index contributed by atoms with van der Waals surface area (Å²) in [4.78, 5) is 12.6. The van der Waals surface area contributed by atoms with Crippen LogP contribution in [0.1, 0.15) is 23.2 Å². The van der Waals surface area contributed by atoms with Crippen molar-refractivity contribution in [2.45, 2.75) is 23.8 Å². The number of benzene rings is 2. The van der Waals surface area contributed by atoms with Crippen LogP contribution in [-0.2, 0) is 14.8 Å². The van der Waals surface area contributed by atoms with Gasteiger partial charge in [-0.2, -0.15) is 0 Å². The number of ether oxygens (including phenoxy) is 3. The molecule has 2 aromatic rings. The van der Waals surface area contributed by atoms with Crippen LogP contribution in [0.3, 0.4) is 0 Å². The Bertz CT molecular complexity index is 986. The van der Waals surface area contributed by atoms with Gasteiger partial charge in [0.15, 0.2) is 11.5 Å². The van der Waals surface area contributed by atoms with Crippen molar-refractivity contribution in [2.75, 3.05) is 25.3 Å². The number of amides is 1. The Morgan fingerprint density at radius 3 is 2.79 bits per heavy atom. The lowest BCUT2D eigenvalue weighted by molar-refractivity contribution is 0.102. The molecule has 2 aliphatic heterocycles. The maximum absolute atomic E-state index is 12.5. The van der Waals surface area contributed by atoms with Crippen LogP contribution in [0.25, 0.3) is 0 Å². The van der Waals surface area contributed by atoms with Gasteiger partial charge < -0.3 is 19.5 Å². The second-order valence-electron chi connectivity index (χ2n) is 6.54. The van der Waals surface area contributed by atoms with Gasteiger partial charge in [-0.1, -0.05) is 6.07 Å². The molecule has 2 aromatic carbocycles. The van der Waals surface area contributed by atoms with Gasteiger partial charge in [0, 0.05) is 30.5 Å². The Hall–Kier alpha value is -2.62. The molecule has 0 unspecified atom stereocenters. The van der Waals surface area contributed by atoms with Gasteiger partial charge in [0.2, 0.25) is 16.8 Å². The largest absolute Gasteiger partial charge is 0.454 e. The Kier molecular flexibility index (Phi) is 5.21. The SMILES string of the molecule is O=C(Nc1ccc2c(c1)OCO2)c1cccc(S(=O)(=O)NC[C@H]2CCCO2)c1. The molecule has 1 atom stereocenters. The van der Waals surface area contributed by atoms with E-state index in [-0.39, 0.29) is 29.9 Å². The first-order valence-corrected chi connectivity index (χ1v) is 10.4. The minimum Gasteiger partial charge on any atom is -0.454 e. The average molecular weight is 404 g/mol. The minimum atomic E-state index is -3.73. The maximum atomic E-state index is 12.5. The normalized spacial score (nSPS) is 18.2. The molecule has 1 saturated heterocycles. The molecular weight excluding hydrogens is 384 g/mol. The van der Waals surface area contributed by atoms with E-state index in [1.807, 2.05) is 0 Å². The molecule has 28 heavy (non-hydrogen) atoms. The number of anilines is 1. The van der Waals surface area contributed by atoms with Crippen molar-refractivity contribution >= 4 is 21.6 Å². The summed E-state index contributed by atoms with van der Waals surface area (Å²) in [6.07, 6.45) is 1.66. The van der Waals surface area contributed by atoms with Crippen LogP contribution in [0.2, 0.25) is 0 Å². The van der Waals surface area contributed by atoms with E-state index in [2.05, 4.69) is 10.0 Å². The number of nitrogens with one attached hydrogen (secondary N) is 2. The number of hydrogen-bond donors (Lipinski definition) is 2. The van der Waals surface area contributed by atoms with Crippen LogP contribution in [0.4, 0.5) is 5.69 Å². The number of sulfonamides is 1. The predicted octanol–water partition coefficient (Wildman–Crippen LogP) is 2.12. The molecule has 0 spiro atoms. The second kappa shape index (κ2) is 7.78. The second-order valence-corrected chi connectivity index (χ2v) is 8.30. The minimum absolute atomic E-state index is 0.0313. The first-order valence-electron chi connectivity index (χ1n) is 8.94. The van der Waals surface area contributed by atoms with E-state index in [9.17, 15) is 13.2 Å². The number of rotatable bonds is 6. The highest BCUT2D eigenvalue weighted by Crippen LogP contribution is 2.34. The molecule has 1 fully saturated rings. The lowest BCUT2D eigenvalue weighted by Gasteiger charge is -2.12. The summed E-state index contributed by atoms with van der Waals surface area (Å²) < 4.78 is 43.5. The van der Waals surface area contributed by atoms with E-state index in [4.69, 9.17) is 14.2 Å². The Balaban J connectivity index is 1.45. The molecule has 9 heteroatoms. The third-order valence-corrected chi connectivity index (χ3v) is 5.98. The van der Waals surface area contributed by atoms with Gasteiger partial charge in [0.1, 0.15) is 0 Å². The standard InChI is InChI=1S/C19H20N2O6S/c22-19(21-14-6-7-17-18(10-14)27-12-26-17)13-3-1-5-16(9-13)28(23,24)20-11-15-4-2-8-25-15/h1,3,5-7,9-10,15,20H,2,4,8,11-12H2,(H,21,22)/t15-/m1/s1. The van der Waals surface area contributed by atoms with E-state index >= 15 is 0 Å². The van der Waals surface area contributed by atoms with Gasteiger partial charge >= 0.3 is 0 Å². The molecule has 0 radical (unpaired) electrons. The highest BCUT2D eigenvalue weighted by Gasteiger charge is 2.21. The van der Waals surface area contributed by atoms with Gasteiger partial charge in [-0.15, -0.1) is 0 Å². The van der Waals surface area contributed by atoms with Gasteiger partial charge in [-0.05, 0) is 43.2 Å². The summed E-state index contributed by atoms with van der Waals surface area (Å²) in [5.41, 5.74) is 0.761. The molecule has 8 nitrogen and oxygen atoms in total. The zero-order valence-corrected chi connectivity index (χ0v) is 15.8. The first-order chi connectivity index (χ1) is 13.5. The van der Waals surface area contributed by atoms with E-state index in [0.29, 0.717) is 23.8 Å². The fourth-order valence-corrected chi connectivity index (χ4v) is 4.19. The molecule has 2 heterocycles. The van der Waals surface area contributed by atoms with Gasteiger partial charge in [-0.3, -0.25) is 4.79 Å². The maximum Gasteiger partial charge on any atom is 0.255 e. The van der Waals surface area contributed by atoms with Gasteiger partial charge in [0.25, 0.3) is 5.91 Å². The Morgan fingerprint density at radius 2 is 1.96 bits per heavy atom. The van der Waals surface area contributed by atoms with Crippen LogP contribution >= 0.6 is 0 Å². The van der Waals surface area contributed by atoms with Crippen molar-refractivity contribution in [1.82, 2.24) is 4.72 Å². The van der Waals surface area contributed by atoms with E-state index in [1.54, 1.807) is 24.3 Å². The van der Waals surface area contributed by atoms with Crippen molar-refractivity contribution in [3.05, 3.63) is 48.0 Å². The van der Waals surface area contributed by atoms with E-state index in [0.717, 1.165) is 12.8 Å². The summed E-state index contributed by atoms with van der Waals surface area (Å²) in [7, 11) is -3.73. The van der Waals surface area contributed by atoms with E-state index in [1.165, 1.54) is 18.2 Å². The molecule has 148 valence electrons. The summed E-state index contributed by atoms with van der Waals surface area (Å²) in [5, 5.41) is 2.73. The molecule has 0 saturated carbocycles. The summed E-state index contributed by atoms with van der Waals surface area (Å²) in [6.45, 7) is 1.02. The van der Waals surface area contributed by atoms with Crippen molar-refractivity contribution in [2.24, 2.45) is 0 Å². The van der Waals surface area contributed by atoms with Crippen LogP contribution in [-0.4, -0.2) is 40.4 Å². The summed E-state index contributed by atoms with van der Waals surface area (Å²) in [5.74, 6) is 0.742. The molecule has 2 N–H and O–H groups in total. The molecule has 0 aromatic heterocycles. The highest BCUT2D eigenvalue weighted by molar-refractivity contribution is 7.89. The topological polar surface area (TPSA) is 103 Å². The molecular formula is C19H20N2O6S. The number of carbonyl (C=O) groups excluding carboxylic acids is 1. The molecule has 1 amide bonds. The number of hydrogen-bond acceptors (Lipinski definition) is 6. The van der Waals surface area contributed by atoms with Crippen LogP contribution in [0, 0.1) is 0 Å². The van der Waals surface area contributed by atoms with Crippen LogP contribution < -0.4 is 19.5 Å². The lowest BCUT2D eigenvalue weighted by atomic mass is 10.2. The quantitative estimate of drug-likeness (QED) is 0.765. The fraction of sp³-hybridized carbons (Fsp3) is 0.316. The highest BCUT2D eigenvalue weighted by atomic mass is 32.2. The van der Waals surface area contributed by atoms with Crippen molar-refractivity contribution in [3.8, 4) is 11.5 Å². The van der Waals surface area contributed by atoms with Crippen molar-refractivity contribution in [1.29, 1.82) is 0 Å². The molecule has 2 aliphatic rings. The first kappa shape index (κ1) is 18.7. The number of fused-ring (bicyclic) bond motifs is 1. The fourth-order valence-electron chi connectivity index (χ4n) is 3.07. The van der Waals surface area contributed by atoms with Crippen LogP contribution in [0.15, 0.2) is 47.4 Å². The van der Waals surface area contributed by atoms with Crippen LogP contribution in [0.5, 0.6) is 11.5 Å².